The van der Waals surface area contributed by atoms with Crippen LogP contribution in [0.3, 0.4) is 0 Å². The highest BCUT2D eigenvalue weighted by Crippen LogP contribution is 2.16. The molecule has 2 amide bonds. The summed E-state index contributed by atoms with van der Waals surface area (Å²) in [6.07, 6.45) is 1.71. The van der Waals surface area contributed by atoms with Crippen LogP contribution >= 0.6 is 11.3 Å². The van der Waals surface area contributed by atoms with E-state index in [-0.39, 0.29) is 5.92 Å². The van der Waals surface area contributed by atoms with E-state index in [1.807, 2.05) is 12.3 Å². The van der Waals surface area contributed by atoms with Crippen molar-refractivity contribution in [3.63, 3.8) is 0 Å². The van der Waals surface area contributed by atoms with E-state index in [0.717, 1.165) is 5.01 Å². The van der Waals surface area contributed by atoms with E-state index in [0.29, 0.717) is 6.54 Å². The molecule has 0 aromatic carbocycles. The zero-order valence-electron chi connectivity index (χ0n) is 9.64. The molecule has 6 nitrogen and oxygen atoms in total. The van der Waals surface area contributed by atoms with E-state index in [2.05, 4.69) is 15.6 Å². The molecule has 0 bridgehead atoms. The Bertz CT molecular complexity index is 380. The van der Waals surface area contributed by atoms with Gasteiger partial charge in [-0.15, -0.1) is 11.3 Å². The van der Waals surface area contributed by atoms with Crippen molar-refractivity contribution >= 4 is 23.3 Å². The van der Waals surface area contributed by atoms with Gasteiger partial charge < -0.3 is 15.7 Å². The van der Waals surface area contributed by atoms with Gasteiger partial charge >= 0.3 is 12.0 Å². The van der Waals surface area contributed by atoms with Gasteiger partial charge in [0, 0.05) is 24.0 Å². The average molecular weight is 257 g/mol. The maximum atomic E-state index is 11.3. The summed E-state index contributed by atoms with van der Waals surface area (Å²) in [4.78, 5) is 26.0. The number of hydrogen-bond acceptors (Lipinski definition) is 4. The van der Waals surface area contributed by atoms with E-state index in [4.69, 9.17) is 5.11 Å². The van der Waals surface area contributed by atoms with E-state index < -0.39 is 18.0 Å². The van der Waals surface area contributed by atoms with Gasteiger partial charge in [-0.3, -0.25) is 4.79 Å². The van der Waals surface area contributed by atoms with Crippen LogP contribution in [0.5, 0.6) is 0 Å². The number of carboxylic acids is 1. The Labute approximate surface area is 103 Å². The first-order chi connectivity index (χ1) is 8.00. The standard InChI is InChI=1S/C10H15N3O3S/c1-6(8-11-3-4-17-8)5-12-10(16)13-7(2)9(14)15/h3-4,6-7H,5H2,1-2H3,(H,14,15)(H2,12,13,16). The summed E-state index contributed by atoms with van der Waals surface area (Å²) in [5.74, 6) is -0.950. The average Bonchev–Trinajstić information content (AvgIpc) is 2.79. The van der Waals surface area contributed by atoms with E-state index in [1.54, 1.807) is 6.20 Å². The smallest absolute Gasteiger partial charge is 0.325 e. The molecule has 0 saturated heterocycles. The molecule has 0 spiro atoms. The van der Waals surface area contributed by atoms with Crippen molar-refractivity contribution in [2.75, 3.05) is 6.54 Å². The fourth-order valence-corrected chi connectivity index (χ4v) is 1.82. The van der Waals surface area contributed by atoms with Crippen LogP contribution in [-0.2, 0) is 4.79 Å². The number of thiazole rings is 1. The molecule has 7 heteroatoms. The molecule has 0 radical (unpaired) electrons. The lowest BCUT2D eigenvalue weighted by Gasteiger charge is -2.13. The highest BCUT2D eigenvalue weighted by atomic mass is 32.1. The number of urea groups is 1. The second kappa shape index (κ2) is 6.19. The molecule has 1 aromatic rings. The Balaban J connectivity index is 2.31. The van der Waals surface area contributed by atoms with Gasteiger partial charge in [0.2, 0.25) is 0 Å². The number of aromatic nitrogens is 1. The number of nitrogens with one attached hydrogen (secondary N) is 2. The molecular formula is C10H15N3O3S. The molecule has 17 heavy (non-hydrogen) atoms. The van der Waals surface area contributed by atoms with Crippen molar-refractivity contribution in [3.8, 4) is 0 Å². The minimum atomic E-state index is -1.06. The van der Waals surface area contributed by atoms with Gasteiger partial charge in [0.05, 0.1) is 5.01 Å². The van der Waals surface area contributed by atoms with Crippen LogP contribution in [0.4, 0.5) is 4.79 Å². The van der Waals surface area contributed by atoms with Crippen molar-refractivity contribution in [1.29, 1.82) is 0 Å². The third kappa shape index (κ3) is 4.39. The summed E-state index contributed by atoms with van der Waals surface area (Å²) in [5, 5.41) is 16.3. The highest BCUT2D eigenvalue weighted by Gasteiger charge is 2.15. The lowest BCUT2D eigenvalue weighted by molar-refractivity contribution is -0.138. The molecule has 0 aliphatic heterocycles. The van der Waals surface area contributed by atoms with Crippen LogP contribution in [0.1, 0.15) is 24.8 Å². The fraction of sp³-hybridized carbons (Fsp3) is 0.500. The predicted molar refractivity (Wildman–Crippen MR) is 64.2 cm³/mol. The quantitative estimate of drug-likeness (QED) is 0.734. The number of hydrogen-bond donors (Lipinski definition) is 3. The molecule has 0 aliphatic carbocycles. The molecule has 2 unspecified atom stereocenters. The molecule has 3 N–H and O–H groups in total. The number of carbonyl (C=O) groups excluding carboxylic acids is 1. The van der Waals surface area contributed by atoms with Crippen LogP contribution < -0.4 is 10.6 Å². The monoisotopic (exact) mass is 257 g/mol. The number of aliphatic carboxylic acids is 1. The summed E-state index contributed by atoms with van der Waals surface area (Å²) in [6, 6.07) is -1.38. The normalized spacial score (nSPS) is 13.8. The Morgan fingerprint density at radius 1 is 1.53 bits per heavy atom. The first kappa shape index (κ1) is 13.4. The fourth-order valence-electron chi connectivity index (χ4n) is 1.12. The minimum absolute atomic E-state index is 0.112. The van der Waals surface area contributed by atoms with Crippen LogP contribution in [0, 0.1) is 0 Å². The maximum absolute atomic E-state index is 11.3. The Morgan fingerprint density at radius 2 is 2.24 bits per heavy atom. The highest BCUT2D eigenvalue weighted by molar-refractivity contribution is 7.09. The van der Waals surface area contributed by atoms with Gasteiger partial charge in [-0.25, -0.2) is 9.78 Å². The molecule has 0 fully saturated rings. The summed E-state index contributed by atoms with van der Waals surface area (Å²) < 4.78 is 0. The van der Waals surface area contributed by atoms with Gasteiger partial charge in [0.1, 0.15) is 6.04 Å². The molecule has 1 rings (SSSR count). The lowest BCUT2D eigenvalue weighted by atomic mass is 10.2. The van der Waals surface area contributed by atoms with Crippen molar-refractivity contribution in [3.05, 3.63) is 16.6 Å². The van der Waals surface area contributed by atoms with E-state index in [9.17, 15) is 9.59 Å². The van der Waals surface area contributed by atoms with Crippen molar-refractivity contribution in [1.82, 2.24) is 15.6 Å². The number of carbonyl (C=O) groups is 2. The SMILES string of the molecule is CC(NC(=O)NCC(C)c1nccs1)C(=O)O. The van der Waals surface area contributed by atoms with Crippen molar-refractivity contribution in [2.45, 2.75) is 25.8 Å². The summed E-state index contributed by atoms with van der Waals surface area (Å²) in [7, 11) is 0. The van der Waals surface area contributed by atoms with Crippen LogP contribution in [0.2, 0.25) is 0 Å². The van der Waals surface area contributed by atoms with Crippen molar-refractivity contribution in [2.24, 2.45) is 0 Å². The molecule has 2 atom stereocenters. The Hall–Kier alpha value is -1.63. The van der Waals surface area contributed by atoms with Crippen LogP contribution in [0.15, 0.2) is 11.6 Å². The zero-order valence-corrected chi connectivity index (χ0v) is 10.5. The number of rotatable bonds is 5. The number of amides is 2. The third-order valence-corrected chi connectivity index (χ3v) is 3.17. The lowest BCUT2D eigenvalue weighted by Crippen LogP contribution is -2.45. The number of nitrogens with zero attached hydrogens (tertiary/aromatic N) is 1. The zero-order chi connectivity index (χ0) is 12.8. The number of carboxylic acid groups (broad SMARTS) is 1. The maximum Gasteiger partial charge on any atom is 0.325 e. The molecule has 1 heterocycles. The van der Waals surface area contributed by atoms with Crippen molar-refractivity contribution < 1.29 is 14.7 Å². The summed E-state index contributed by atoms with van der Waals surface area (Å²) in [5.41, 5.74) is 0. The van der Waals surface area contributed by atoms with Gasteiger partial charge in [0.25, 0.3) is 0 Å². The van der Waals surface area contributed by atoms with Crippen LogP contribution in [0.25, 0.3) is 0 Å². The first-order valence-corrected chi connectivity index (χ1v) is 6.05. The second-order valence-corrected chi connectivity index (χ2v) is 4.61. The molecular weight excluding hydrogens is 242 g/mol. The largest absolute Gasteiger partial charge is 0.480 e. The van der Waals surface area contributed by atoms with Gasteiger partial charge in [-0.2, -0.15) is 0 Å². The first-order valence-electron chi connectivity index (χ1n) is 5.17. The topological polar surface area (TPSA) is 91.3 Å². The summed E-state index contributed by atoms with van der Waals surface area (Å²) in [6.45, 7) is 3.78. The second-order valence-electron chi connectivity index (χ2n) is 3.69. The van der Waals surface area contributed by atoms with Gasteiger partial charge in [-0.05, 0) is 6.92 Å². The summed E-state index contributed by atoms with van der Waals surface area (Å²) >= 11 is 1.52. The van der Waals surface area contributed by atoms with Gasteiger partial charge in [0.15, 0.2) is 0 Å². The van der Waals surface area contributed by atoms with E-state index >= 15 is 0 Å². The van der Waals surface area contributed by atoms with Gasteiger partial charge in [-0.1, -0.05) is 6.92 Å². The van der Waals surface area contributed by atoms with E-state index in [1.165, 1.54) is 18.3 Å². The Kier molecular flexibility index (Phi) is 4.89. The molecule has 94 valence electrons. The molecule has 1 aromatic heterocycles. The van der Waals surface area contributed by atoms with Crippen LogP contribution in [-0.4, -0.2) is 34.7 Å². The minimum Gasteiger partial charge on any atom is -0.480 e. The molecule has 0 saturated carbocycles. The predicted octanol–water partition coefficient (Wildman–Crippen LogP) is 1.02. The Morgan fingerprint density at radius 3 is 2.76 bits per heavy atom. The molecule has 0 aliphatic rings. The third-order valence-electron chi connectivity index (χ3n) is 2.16.